The maximum absolute atomic E-state index is 8.06. The van der Waals surface area contributed by atoms with Crippen molar-refractivity contribution in [2.75, 3.05) is 23.5 Å². The van der Waals surface area contributed by atoms with Crippen LogP contribution in [0.4, 0.5) is 11.6 Å². The molecule has 9 nitrogen and oxygen atoms in total. The van der Waals surface area contributed by atoms with Gasteiger partial charge in [-0.1, -0.05) is 11.8 Å². The fourth-order valence-corrected chi connectivity index (χ4v) is 3.43. The summed E-state index contributed by atoms with van der Waals surface area (Å²) in [6.07, 6.45) is 8.96. The molecule has 0 atom stereocenters. The van der Waals surface area contributed by atoms with Gasteiger partial charge in [0.15, 0.2) is 11.6 Å². The minimum absolute atomic E-state index is 0.520. The van der Waals surface area contributed by atoms with Gasteiger partial charge in [-0.15, -0.1) is 5.53 Å². The minimum atomic E-state index is 0.520. The van der Waals surface area contributed by atoms with Crippen LogP contribution in [0.3, 0.4) is 0 Å². The molecule has 5 N–H and O–H groups in total. The number of allylic oxidation sites excluding steroid dienone is 2. The van der Waals surface area contributed by atoms with Gasteiger partial charge in [-0.25, -0.2) is 9.97 Å². The number of nitrogens with one attached hydrogen (secondary N) is 5. The molecule has 0 amide bonds. The first-order valence-corrected chi connectivity index (χ1v) is 8.62. The Kier molecular flexibility index (Phi) is 4.12. The maximum atomic E-state index is 8.06. The average molecular weight is 355 g/mol. The lowest BCUT2D eigenvalue weighted by Gasteiger charge is -2.17. The van der Waals surface area contributed by atoms with Crippen LogP contribution in [0.2, 0.25) is 0 Å². The molecule has 0 aromatic carbocycles. The number of anilines is 2. The molecule has 10 heteroatoms. The predicted octanol–water partition coefficient (Wildman–Crippen LogP) is 1.62. The van der Waals surface area contributed by atoms with E-state index in [0.717, 1.165) is 33.4 Å². The highest BCUT2D eigenvalue weighted by Crippen LogP contribution is 2.35. The summed E-state index contributed by atoms with van der Waals surface area (Å²) < 4.78 is 0. The topological polar surface area (TPSA) is 118 Å². The number of hydrogen-bond acceptors (Lipinski definition) is 9. The van der Waals surface area contributed by atoms with E-state index in [1.165, 1.54) is 0 Å². The van der Waals surface area contributed by atoms with Crippen LogP contribution in [0.25, 0.3) is 11.3 Å². The molecule has 0 saturated heterocycles. The molecule has 4 heterocycles. The molecule has 0 aliphatic carbocycles. The second-order valence-electron chi connectivity index (χ2n) is 5.43. The van der Waals surface area contributed by atoms with Crippen molar-refractivity contribution in [3.05, 3.63) is 40.7 Å². The molecule has 0 radical (unpaired) electrons. The summed E-state index contributed by atoms with van der Waals surface area (Å²) >= 11 is 1.58. The molecule has 2 aromatic rings. The van der Waals surface area contributed by atoms with Crippen molar-refractivity contribution in [1.82, 2.24) is 31.0 Å². The van der Waals surface area contributed by atoms with Crippen molar-refractivity contribution in [1.29, 1.82) is 5.41 Å². The lowest BCUT2D eigenvalue weighted by atomic mass is 10.3. The van der Waals surface area contributed by atoms with Crippen LogP contribution in [-0.4, -0.2) is 39.0 Å². The number of aromatic nitrogens is 4. The van der Waals surface area contributed by atoms with Gasteiger partial charge in [-0.2, -0.15) is 5.10 Å². The lowest BCUT2D eigenvalue weighted by Crippen LogP contribution is -2.37. The van der Waals surface area contributed by atoms with E-state index in [9.17, 15) is 0 Å². The number of hydrazine groups is 2. The summed E-state index contributed by atoms with van der Waals surface area (Å²) in [6.45, 7) is 3.45. The third-order valence-corrected chi connectivity index (χ3v) is 4.74. The number of H-pyrrole nitrogens is 1. The van der Waals surface area contributed by atoms with Crippen molar-refractivity contribution in [3.8, 4) is 11.3 Å². The molecule has 0 fully saturated rings. The summed E-state index contributed by atoms with van der Waals surface area (Å²) in [5.74, 6) is 1.39. The van der Waals surface area contributed by atoms with Crippen LogP contribution in [0.1, 0.15) is 6.92 Å². The van der Waals surface area contributed by atoms with E-state index in [1.54, 1.807) is 30.4 Å². The maximum Gasteiger partial charge on any atom is 0.190 e. The Balaban J connectivity index is 1.52. The lowest BCUT2D eigenvalue weighted by molar-refractivity contribution is 0.765. The Bertz CT molecular complexity index is 856. The highest BCUT2D eigenvalue weighted by molar-refractivity contribution is 8.08. The first-order valence-electron chi connectivity index (χ1n) is 7.81. The van der Waals surface area contributed by atoms with Gasteiger partial charge in [-0.05, 0) is 13.0 Å². The van der Waals surface area contributed by atoms with Crippen molar-refractivity contribution < 1.29 is 0 Å². The number of rotatable bonds is 5. The van der Waals surface area contributed by atoms with E-state index in [-0.39, 0.29) is 0 Å². The Morgan fingerprint density at radius 3 is 3.12 bits per heavy atom. The molecule has 25 heavy (non-hydrogen) atoms. The third-order valence-electron chi connectivity index (χ3n) is 3.68. The van der Waals surface area contributed by atoms with Gasteiger partial charge in [0.25, 0.3) is 0 Å². The molecule has 0 saturated carbocycles. The highest BCUT2D eigenvalue weighted by Gasteiger charge is 2.26. The van der Waals surface area contributed by atoms with E-state index < -0.39 is 0 Å². The largest absolute Gasteiger partial charge is 0.390 e. The van der Waals surface area contributed by atoms with Gasteiger partial charge in [0.2, 0.25) is 0 Å². The van der Waals surface area contributed by atoms with Crippen LogP contribution in [0.15, 0.2) is 40.7 Å². The van der Waals surface area contributed by atoms with Crippen LogP contribution >= 0.6 is 11.8 Å². The van der Waals surface area contributed by atoms with Gasteiger partial charge in [-0.3, -0.25) is 20.9 Å². The fraction of sp³-hybridized carbons (Fsp3) is 0.200. The van der Waals surface area contributed by atoms with E-state index in [1.807, 2.05) is 24.2 Å². The molecule has 0 spiro atoms. The van der Waals surface area contributed by atoms with E-state index in [2.05, 4.69) is 36.4 Å². The Morgan fingerprint density at radius 1 is 1.40 bits per heavy atom. The van der Waals surface area contributed by atoms with E-state index in [4.69, 9.17) is 5.41 Å². The average Bonchev–Trinajstić information content (AvgIpc) is 3.34. The quantitative estimate of drug-likeness (QED) is 0.549. The smallest absolute Gasteiger partial charge is 0.190 e. The normalized spacial score (nSPS) is 17.6. The van der Waals surface area contributed by atoms with Crippen molar-refractivity contribution in [2.45, 2.75) is 6.92 Å². The molecule has 0 unspecified atom stereocenters. The molecule has 128 valence electrons. The second-order valence-corrected chi connectivity index (χ2v) is 6.60. The van der Waals surface area contributed by atoms with Crippen molar-refractivity contribution in [2.24, 2.45) is 0 Å². The monoisotopic (exact) mass is 355 g/mol. The minimum Gasteiger partial charge on any atom is -0.390 e. The van der Waals surface area contributed by atoms with E-state index in [0.29, 0.717) is 18.1 Å². The van der Waals surface area contributed by atoms with Gasteiger partial charge in [0.05, 0.1) is 35.2 Å². The first-order chi connectivity index (χ1) is 12.2. The van der Waals surface area contributed by atoms with Crippen LogP contribution < -0.4 is 21.3 Å². The number of nitrogens with zero attached hydrogens (tertiary/aromatic N) is 4. The molecule has 2 aromatic heterocycles. The van der Waals surface area contributed by atoms with Gasteiger partial charge in [0, 0.05) is 29.4 Å². The zero-order valence-electron chi connectivity index (χ0n) is 13.5. The van der Waals surface area contributed by atoms with Gasteiger partial charge in [0.1, 0.15) is 0 Å². The Morgan fingerprint density at radius 2 is 2.32 bits per heavy atom. The number of fused-ring (bicyclic) bond motifs is 1. The molecule has 2 aliphatic rings. The standard InChI is InChI=1S/C15H17N9S/c1-2-17-7-13-11(16)3-10(25-13)8-24-15-14(22-23-24)18-6-12(21-15)9-4-19-20-5-9/h3-7,16-17,23H,2,8H2,1H3,(H,18,22)(H,19,20)/b13-7+,16-11?. The number of aromatic amines is 1. The van der Waals surface area contributed by atoms with Crippen LogP contribution in [0.5, 0.6) is 0 Å². The Labute approximate surface area is 148 Å². The molecule has 2 aliphatic heterocycles. The highest BCUT2D eigenvalue weighted by atomic mass is 32.2. The number of hydrogen-bond donors (Lipinski definition) is 5. The summed E-state index contributed by atoms with van der Waals surface area (Å²) in [7, 11) is 0. The molecule has 4 rings (SSSR count). The van der Waals surface area contributed by atoms with Gasteiger partial charge < -0.3 is 5.32 Å². The molecular weight excluding hydrogens is 338 g/mol. The first kappa shape index (κ1) is 15.7. The zero-order valence-corrected chi connectivity index (χ0v) is 14.3. The van der Waals surface area contributed by atoms with Crippen molar-refractivity contribution in [3.63, 3.8) is 0 Å². The third kappa shape index (κ3) is 3.08. The van der Waals surface area contributed by atoms with Crippen LogP contribution in [-0.2, 0) is 0 Å². The number of thioether (sulfide) groups is 1. The molecule has 0 bridgehead atoms. The van der Waals surface area contributed by atoms with Gasteiger partial charge >= 0.3 is 0 Å². The summed E-state index contributed by atoms with van der Waals surface area (Å²) in [5, 5.41) is 19.8. The summed E-state index contributed by atoms with van der Waals surface area (Å²) in [6, 6.07) is 0. The molecular formula is C15H17N9S. The van der Waals surface area contributed by atoms with Crippen LogP contribution in [0, 0.1) is 5.41 Å². The second kappa shape index (κ2) is 6.57. The summed E-state index contributed by atoms with van der Waals surface area (Å²) in [4.78, 5) is 11.1. The van der Waals surface area contributed by atoms with Crippen molar-refractivity contribution >= 4 is 29.1 Å². The SMILES string of the molecule is CCN/C=C1/SC(CN2NNc3ncc(-c4cn[nH]c4)nc32)=CC1=N. The predicted molar refractivity (Wildman–Crippen MR) is 98.9 cm³/mol. The zero-order chi connectivity index (χ0) is 17.2. The Hall–Kier alpha value is -2.85. The summed E-state index contributed by atoms with van der Waals surface area (Å²) in [5.41, 5.74) is 8.23. The fourth-order valence-electron chi connectivity index (χ4n) is 2.47. The van der Waals surface area contributed by atoms with E-state index >= 15 is 0 Å².